The molecule has 1 amide bonds. The SMILES string of the molecule is COc1ccc([C@@H](NC(=O)C2(N3CCCC3)CCCC2)C2CC(O)C2)cn1. The van der Waals surface area contributed by atoms with E-state index in [1.165, 1.54) is 12.8 Å². The van der Waals surface area contributed by atoms with Gasteiger partial charge in [-0.15, -0.1) is 0 Å². The summed E-state index contributed by atoms with van der Waals surface area (Å²) in [7, 11) is 1.60. The van der Waals surface area contributed by atoms with E-state index in [0.29, 0.717) is 5.88 Å². The van der Waals surface area contributed by atoms with E-state index >= 15 is 0 Å². The molecule has 1 aromatic heterocycles. The van der Waals surface area contributed by atoms with Gasteiger partial charge in [0.25, 0.3) is 0 Å². The summed E-state index contributed by atoms with van der Waals surface area (Å²) in [5, 5.41) is 13.2. The monoisotopic (exact) mass is 373 g/mol. The number of nitrogens with zero attached hydrogens (tertiary/aromatic N) is 2. The number of aromatic nitrogens is 1. The topological polar surface area (TPSA) is 74.7 Å². The van der Waals surface area contributed by atoms with Gasteiger partial charge < -0.3 is 15.2 Å². The van der Waals surface area contributed by atoms with Gasteiger partial charge in [0.1, 0.15) is 5.54 Å². The minimum absolute atomic E-state index is 0.0978. The van der Waals surface area contributed by atoms with Gasteiger partial charge in [0.2, 0.25) is 11.8 Å². The number of carbonyl (C=O) groups is 1. The summed E-state index contributed by atoms with van der Waals surface area (Å²) in [5.74, 6) is 1.00. The van der Waals surface area contributed by atoms with Crippen molar-refractivity contribution in [2.75, 3.05) is 20.2 Å². The minimum Gasteiger partial charge on any atom is -0.481 e. The van der Waals surface area contributed by atoms with Crippen molar-refractivity contribution in [1.82, 2.24) is 15.2 Å². The molecule has 1 aromatic rings. The number of hydrogen-bond acceptors (Lipinski definition) is 5. The van der Waals surface area contributed by atoms with Crippen LogP contribution < -0.4 is 10.1 Å². The van der Waals surface area contributed by atoms with Gasteiger partial charge in [-0.2, -0.15) is 0 Å². The maximum absolute atomic E-state index is 13.5. The lowest BCUT2D eigenvalue weighted by Gasteiger charge is -2.42. The molecule has 1 saturated heterocycles. The Morgan fingerprint density at radius 2 is 1.96 bits per heavy atom. The number of rotatable bonds is 6. The predicted octanol–water partition coefficient (Wildman–Crippen LogP) is 2.43. The Balaban J connectivity index is 1.55. The molecule has 6 heteroatoms. The van der Waals surface area contributed by atoms with Gasteiger partial charge in [-0.25, -0.2) is 4.98 Å². The van der Waals surface area contributed by atoms with Crippen LogP contribution in [0.5, 0.6) is 5.88 Å². The van der Waals surface area contributed by atoms with Crippen LogP contribution in [-0.2, 0) is 4.79 Å². The van der Waals surface area contributed by atoms with Gasteiger partial charge in [0.15, 0.2) is 0 Å². The van der Waals surface area contributed by atoms with Gasteiger partial charge in [-0.05, 0) is 63.1 Å². The lowest BCUT2D eigenvalue weighted by atomic mass is 9.75. The second-order valence-corrected chi connectivity index (χ2v) is 8.40. The molecule has 2 N–H and O–H groups in total. The highest BCUT2D eigenvalue weighted by molar-refractivity contribution is 5.87. The summed E-state index contributed by atoms with van der Waals surface area (Å²) in [4.78, 5) is 20.3. The molecule has 27 heavy (non-hydrogen) atoms. The van der Waals surface area contributed by atoms with Crippen molar-refractivity contribution in [2.45, 2.75) is 69.1 Å². The predicted molar refractivity (Wildman–Crippen MR) is 102 cm³/mol. The highest BCUT2D eigenvalue weighted by Gasteiger charge is 2.48. The zero-order valence-corrected chi connectivity index (χ0v) is 16.2. The molecule has 6 nitrogen and oxygen atoms in total. The number of likely N-dealkylation sites (tertiary alicyclic amines) is 1. The quantitative estimate of drug-likeness (QED) is 0.801. The number of carbonyl (C=O) groups excluding carboxylic acids is 1. The lowest BCUT2D eigenvalue weighted by molar-refractivity contribution is -0.135. The van der Waals surface area contributed by atoms with Crippen molar-refractivity contribution in [1.29, 1.82) is 0 Å². The first-order valence-electron chi connectivity index (χ1n) is 10.4. The summed E-state index contributed by atoms with van der Waals surface area (Å²) >= 11 is 0. The number of pyridine rings is 1. The van der Waals surface area contributed by atoms with Crippen LogP contribution in [0, 0.1) is 5.92 Å². The Labute approximate surface area is 161 Å². The maximum atomic E-state index is 13.5. The van der Waals surface area contributed by atoms with Crippen molar-refractivity contribution < 1.29 is 14.6 Å². The molecule has 0 bridgehead atoms. The number of hydrogen-bond donors (Lipinski definition) is 2. The van der Waals surface area contributed by atoms with Crippen molar-refractivity contribution >= 4 is 5.91 Å². The second-order valence-electron chi connectivity index (χ2n) is 8.40. The lowest BCUT2D eigenvalue weighted by Crippen LogP contribution is -2.58. The van der Waals surface area contributed by atoms with Crippen LogP contribution in [0.4, 0.5) is 0 Å². The Hall–Kier alpha value is -1.66. The Morgan fingerprint density at radius 3 is 2.52 bits per heavy atom. The highest BCUT2D eigenvalue weighted by atomic mass is 16.5. The van der Waals surface area contributed by atoms with E-state index in [4.69, 9.17) is 4.74 Å². The zero-order valence-electron chi connectivity index (χ0n) is 16.2. The van der Waals surface area contributed by atoms with E-state index in [1.807, 2.05) is 12.1 Å². The fourth-order valence-corrected chi connectivity index (χ4v) is 5.14. The number of ether oxygens (including phenoxy) is 1. The van der Waals surface area contributed by atoms with Crippen LogP contribution in [0.3, 0.4) is 0 Å². The average Bonchev–Trinajstić information content (AvgIpc) is 3.36. The Bertz CT molecular complexity index is 645. The normalized spacial score (nSPS) is 28.5. The van der Waals surface area contributed by atoms with Crippen LogP contribution in [0.15, 0.2) is 18.3 Å². The molecule has 0 radical (unpaired) electrons. The molecular weight excluding hydrogens is 342 g/mol. The molecule has 1 atom stereocenters. The number of methoxy groups -OCH3 is 1. The van der Waals surface area contributed by atoms with E-state index in [9.17, 15) is 9.90 Å². The summed E-state index contributed by atoms with van der Waals surface area (Å²) in [5.41, 5.74) is 0.660. The number of aliphatic hydroxyl groups excluding tert-OH is 1. The first kappa shape index (κ1) is 18.7. The van der Waals surface area contributed by atoms with Crippen molar-refractivity contribution in [2.24, 2.45) is 5.92 Å². The molecule has 2 saturated carbocycles. The van der Waals surface area contributed by atoms with Gasteiger partial charge in [-0.3, -0.25) is 9.69 Å². The first-order valence-corrected chi connectivity index (χ1v) is 10.4. The average molecular weight is 373 g/mol. The molecule has 2 aliphatic carbocycles. The molecular formula is C21H31N3O3. The first-order chi connectivity index (χ1) is 13.1. The van der Waals surface area contributed by atoms with Crippen molar-refractivity contribution in [3.05, 3.63) is 23.9 Å². The Kier molecular flexibility index (Phi) is 5.37. The van der Waals surface area contributed by atoms with Crippen LogP contribution in [-0.4, -0.2) is 52.7 Å². The van der Waals surface area contributed by atoms with Crippen molar-refractivity contribution in [3.63, 3.8) is 0 Å². The summed E-state index contributed by atoms with van der Waals surface area (Å²) in [6, 6.07) is 3.73. The maximum Gasteiger partial charge on any atom is 0.241 e. The zero-order chi connectivity index (χ0) is 18.9. The fourth-order valence-electron chi connectivity index (χ4n) is 5.14. The summed E-state index contributed by atoms with van der Waals surface area (Å²) in [6.45, 7) is 2.06. The molecule has 4 rings (SSSR count). The van der Waals surface area contributed by atoms with E-state index in [2.05, 4.69) is 15.2 Å². The third-order valence-corrected chi connectivity index (χ3v) is 6.80. The molecule has 0 unspecified atom stereocenters. The Morgan fingerprint density at radius 1 is 1.26 bits per heavy atom. The van der Waals surface area contributed by atoms with Gasteiger partial charge >= 0.3 is 0 Å². The summed E-state index contributed by atoms with van der Waals surface area (Å²) in [6.07, 6.45) is 9.55. The van der Waals surface area contributed by atoms with Crippen molar-refractivity contribution in [3.8, 4) is 5.88 Å². The van der Waals surface area contributed by atoms with Crippen LogP contribution in [0.25, 0.3) is 0 Å². The highest BCUT2D eigenvalue weighted by Crippen LogP contribution is 2.41. The molecule has 148 valence electrons. The van der Waals surface area contributed by atoms with Crippen LogP contribution in [0.2, 0.25) is 0 Å². The van der Waals surface area contributed by atoms with E-state index in [1.54, 1.807) is 13.3 Å². The third-order valence-electron chi connectivity index (χ3n) is 6.80. The fraction of sp³-hybridized carbons (Fsp3) is 0.714. The molecule has 0 spiro atoms. The smallest absolute Gasteiger partial charge is 0.241 e. The largest absolute Gasteiger partial charge is 0.481 e. The van der Waals surface area contributed by atoms with E-state index < -0.39 is 0 Å². The van der Waals surface area contributed by atoms with Crippen LogP contribution >= 0.6 is 0 Å². The van der Waals surface area contributed by atoms with E-state index in [-0.39, 0.29) is 29.5 Å². The molecule has 0 aromatic carbocycles. The van der Waals surface area contributed by atoms with Gasteiger partial charge in [-0.1, -0.05) is 18.9 Å². The second kappa shape index (κ2) is 7.76. The van der Waals surface area contributed by atoms with Crippen LogP contribution in [0.1, 0.15) is 63.0 Å². The van der Waals surface area contributed by atoms with E-state index in [0.717, 1.165) is 57.2 Å². The number of amides is 1. The third kappa shape index (κ3) is 3.57. The molecule has 2 heterocycles. The number of nitrogens with one attached hydrogen (secondary N) is 1. The summed E-state index contributed by atoms with van der Waals surface area (Å²) < 4.78 is 5.17. The molecule has 1 aliphatic heterocycles. The standard InChI is InChI=1S/C21H31N3O3/c1-27-18-7-6-15(14-22-18)19(16-12-17(25)13-16)23-20(26)21(8-2-3-9-21)24-10-4-5-11-24/h6-7,14,16-17,19,25H,2-5,8-13H2,1H3,(H,23,26)/t16?,17?,19-/m1/s1. The van der Waals surface area contributed by atoms with Gasteiger partial charge in [0, 0.05) is 12.3 Å². The number of aliphatic hydroxyl groups is 1. The van der Waals surface area contributed by atoms with Gasteiger partial charge in [0.05, 0.1) is 19.3 Å². The molecule has 3 aliphatic rings. The minimum atomic E-state index is -0.336. The molecule has 3 fully saturated rings.